The van der Waals surface area contributed by atoms with Crippen LogP contribution >= 0.6 is 0 Å². The third-order valence-electron chi connectivity index (χ3n) is 6.17. The number of hydrogen-bond acceptors (Lipinski definition) is 4. The van der Waals surface area contributed by atoms with Gasteiger partial charge in [0, 0.05) is 16.5 Å². The largest absolute Gasteiger partial charge is 0.496 e. The number of nitrogens with one attached hydrogen (secondary N) is 1. The van der Waals surface area contributed by atoms with Gasteiger partial charge >= 0.3 is 0 Å². The van der Waals surface area contributed by atoms with Gasteiger partial charge in [0.05, 0.1) is 12.5 Å². The van der Waals surface area contributed by atoms with Crippen LogP contribution in [-0.2, 0) is 10.2 Å². The Hall–Kier alpha value is -3.21. The molecule has 3 aromatic rings. The zero-order chi connectivity index (χ0) is 19.8. The summed E-state index contributed by atoms with van der Waals surface area (Å²) in [4.78, 5) is 13.6. The molecule has 1 N–H and O–H groups in total. The predicted octanol–water partition coefficient (Wildman–Crippen LogP) is 5.03. The molecule has 0 unspecified atom stereocenters. The summed E-state index contributed by atoms with van der Waals surface area (Å²) in [5.41, 5.74) is 1.25. The highest BCUT2D eigenvalue weighted by atomic mass is 16.7. The Morgan fingerprint density at radius 2 is 1.72 bits per heavy atom. The molecule has 5 nitrogen and oxygen atoms in total. The predicted molar refractivity (Wildman–Crippen MR) is 112 cm³/mol. The summed E-state index contributed by atoms with van der Waals surface area (Å²) >= 11 is 0. The fourth-order valence-corrected chi connectivity index (χ4v) is 4.62. The van der Waals surface area contributed by atoms with E-state index in [-0.39, 0.29) is 12.7 Å². The van der Waals surface area contributed by atoms with E-state index in [9.17, 15) is 4.79 Å². The van der Waals surface area contributed by atoms with E-state index in [4.69, 9.17) is 14.2 Å². The van der Waals surface area contributed by atoms with Crippen LogP contribution in [0, 0.1) is 0 Å². The van der Waals surface area contributed by atoms with Gasteiger partial charge in [-0.15, -0.1) is 0 Å². The number of methoxy groups -OCH3 is 1. The minimum Gasteiger partial charge on any atom is -0.496 e. The third kappa shape index (κ3) is 2.89. The summed E-state index contributed by atoms with van der Waals surface area (Å²) in [5, 5.41) is 5.17. The van der Waals surface area contributed by atoms with Crippen molar-refractivity contribution in [3.63, 3.8) is 0 Å². The average Bonchev–Trinajstić information content (AvgIpc) is 3.43. The minimum atomic E-state index is -0.554. The van der Waals surface area contributed by atoms with Crippen LogP contribution in [0.2, 0.25) is 0 Å². The van der Waals surface area contributed by atoms with Gasteiger partial charge in [0.2, 0.25) is 12.7 Å². The first-order valence-corrected chi connectivity index (χ1v) is 9.99. The summed E-state index contributed by atoms with van der Waals surface area (Å²) < 4.78 is 16.5. The Labute approximate surface area is 169 Å². The molecule has 1 saturated carbocycles. The summed E-state index contributed by atoms with van der Waals surface area (Å²) in [6.07, 6.45) is 3.72. The molecule has 0 spiro atoms. The maximum Gasteiger partial charge on any atom is 0.235 e. The number of anilines is 1. The lowest BCUT2D eigenvalue weighted by Crippen LogP contribution is -2.38. The van der Waals surface area contributed by atoms with E-state index >= 15 is 0 Å². The van der Waals surface area contributed by atoms with Crippen LogP contribution in [0.15, 0.2) is 54.6 Å². The van der Waals surface area contributed by atoms with Crippen molar-refractivity contribution < 1.29 is 19.0 Å². The smallest absolute Gasteiger partial charge is 0.235 e. The van der Waals surface area contributed by atoms with Crippen LogP contribution < -0.4 is 19.5 Å². The Morgan fingerprint density at radius 1 is 0.966 bits per heavy atom. The Bertz CT molecular complexity index is 1090. The highest BCUT2D eigenvalue weighted by molar-refractivity contribution is 6.07. The summed E-state index contributed by atoms with van der Waals surface area (Å²) in [6.45, 7) is 0.232. The number of carbonyl (C=O) groups is 1. The van der Waals surface area contributed by atoms with Crippen molar-refractivity contribution >= 4 is 22.4 Å². The van der Waals surface area contributed by atoms with Gasteiger partial charge in [-0.2, -0.15) is 0 Å². The van der Waals surface area contributed by atoms with Crippen molar-refractivity contribution in [2.24, 2.45) is 0 Å². The van der Waals surface area contributed by atoms with Crippen molar-refractivity contribution in [2.75, 3.05) is 19.2 Å². The maximum absolute atomic E-state index is 13.6. The topological polar surface area (TPSA) is 56.8 Å². The normalized spacial score (nSPS) is 16.7. The molecule has 5 rings (SSSR count). The van der Waals surface area contributed by atoms with E-state index in [1.54, 1.807) is 7.11 Å². The van der Waals surface area contributed by atoms with E-state index in [0.29, 0.717) is 0 Å². The van der Waals surface area contributed by atoms with E-state index in [2.05, 4.69) is 5.32 Å². The molecular formula is C24H23NO4. The van der Waals surface area contributed by atoms with Crippen LogP contribution in [0.1, 0.15) is 31.2 Å². The molecule has 5 heteroatoms. The molecule has 0 radical (unpaired) electrons. The molecule has 1 heterocycles. The van der Waals surface area contributed by atoms with Crippen molar-refractivity contribution in [2.45, 2.75) is 31.1 Å². The first-order chi connectivity index (χ1) is 14.2. The highest BCUT2D eigenvalue weighted by Crippen LogP contribution is 2.45. The SMILES string of the molecule is COc1ccc(NC(=O)C2(c3ccc4c(c3)OCO4)CCCC2)c2ccccc12. The second-order valence-corrected chi connectivity index (χ2v) is 7.67. The molecule has 0 aromatic heterocycles. The molecule has 148 valence electrons. The molecular weight excluding hydrogens is 366 g/mol. The first-order valence-electron chi connectivity index (χ1n) is 9.99. The van der Waals surface area contributed by atoms with Gasteiger partial charge in [0.1, 0.15) is 5.75 Å². The van der Waals surface area contributed by atoms with Crippen LogP contribution in [0.3, 0.4) is 0 Å². The van der Waals surface area contributed by atoms with Gasteiger partial charge < -0.3 is 19.5 Å². The lowest BCUT2D eigenvalue weighted by atomic mass is 9.77. The molecule has 0 atom stereocenters. The summed E-state index contributed by atoms with van der Waals surface area (Å²) in [5.74, 6) is 2.29. The van der Waals surface area contributed by atoms with Crippen LogP contribution in [0.25, 0.3) is 10.8 Å². The molecule has 1 amide bonds. The molecule has 2 aliphatic rings. The number of fused-ring (bicyclic) bond motifs is 2. The maximum atomic E-state index is 13.6. The van der Waals surface area contributed by atoms with Crippen LogP contribution in [-0.4, -0.2) is 19.8 Å². The van der Waals surface area contributed by atoms with E-state index in [1.165, 1.54) is 0 Å². The van der Waals surface area contributed by atoms with Gasteiger partial charge in [0.15, 0.2) is 11.5 Å². The van der Waals surface area contributed by atoms with Crippen molar-refractivity contribution in [1.82, 2.24) is 0 Å². The molecule has 1 aliphatic heterocycles. The van der Waals surface area contributed by atoms with Crippen LogP contribution in [0.4, 0.5) is 5.69 Å². The number of amides is 1. The minimum absolute atomic E-state index is 0.0317. The highest BCUT2D eigenvalue weighted by Gasteiger charge is 2.43. The zero-order valence-corrected chi connectivity index (χ0v) is 16.4. The van der Waals surface area contributed by atoms with Crippen molar-refractivity contribution in [1.29, 1.82) is 0 Å². The third-order valence-corrected chi connectivity index (χ3v) is 6.17. The second-order valence-electron chi connectivity index (χ2n) is 7.67. The quantitative estimate of drug-likeness (QED) is 0.680. The van der Waals surface area contributed by atoms with Crippen molar-refractivity contribution in [3.8, 4) is 17.2 Å². The number of ether oxygens (including phenoxy) is 3. The average molecular weight is 389 g/mol. The number of hydrogen-bond donors (Lipinski definition) is 1. The van der Waals surface area contributed by atoms with E-state index in [0.717, 1.165) is 65.0 Å². The fraction of sp³-hybridized carbons (Fsp3) is 0.292. The van der Waals surface area contributed by atoms with Crippen molar-refractivity contribution in [3.05, 3.63) is 60.2 Å². The van der Waals surface area contributed by atoms with Gasteiger partial charge in [-0.25, -0.2) is 0 Å². The van der Waals surface area contributed by atoms with E-state index in [1.807, 2.05) is 54.6 Å². The number of benzene rings is 3. The lowest BCUT2D eigenvalue weighted by molar-refractivity contribution is -0.121. The Balaban J connectivity index is 1.53. The Morgan fingerprint density at radius 3 is 2.52 bits per heavy atom. The standard InChI is InChI=1S/C24H23NO4/c1-27-20-11-9-19(17-6-2-3-7-18(17)20)25-23(26)24(12-4-5-13-24)16-8-10-21-22(14-16)29-15-28-21/h2-3,6-11,14H,4-5,12-13,15H2,1H3,(H,25,26). The molecule has 0 saturated heterocycles. The van der Waals surface area contributed by atoms with Crippen LogP contribution in [0.5, 0.6) is 17.2 Å². The van der Waals surface area contributed by atoms with Gasteiger partial charge in [-0.1, -0.05) is 43.2 Å². The first kappa shape index (κ1) is 17.9. The second kappa shape index (κ2) is 6.99. The molecule has 1 aliphatic carbocycles. The molecule has 3 aromatic carbocycles. The number of carbonyl (C=O) groups excluding carboxylic acids is 1. The molecule has 29 heavy (non-hydrogen) atoms. The summed E-state index contributed by atoms with van der Waals surface area (Å²) in [6, 6.07) is 17.7. The van der Waals surface area contributed by atoms with Gasteiger partial charge in [-0.3, -0.25) is 4.79 Å². The van der Waals surface area contributed by atoms with E-state index < -0.39 is 5.41 Å². The van der Waals surface area contributed by atoms with Gasteiger partial charge in [0.25, 0.3) is 0 Å². The van der Waals surface area contributed by atoms with Gasteiger partial charge in [-0.05, 0) is 42.7 Å². The number of rotatable bonds is 4. The summed E-state index contributed by atoms with van der Waals surface area (Å²) in [7, 11) is 1.66. The Kier molecular flexibility index (Phi) is 4.31. The molecule has 0 bridgehead atoms. The fourth-order valence-electron chi connectivity index (χ4n) is 4.62. The monoisotopic (exact) mass is 389 g/mol. The lowest BCUT2D eigenvalue weighted by Gasteiger charge is -2.29. The molecule has 1 fully saturated rings. The zero-order valence-electron chi connectivity index (χ0n) is 16.4.